The number of amides is 2. The monoisotopic (exact) mass is 351 g/mol. The van der Waals surface area contributed by atoms with Crippen LogP contribution in [0.25, 0.3) is 0 Å². The number of nitriles is 1. The molecule has 2 aromatic carbocycles. The minimum absolute atomic E-state index is 0.175. The fourth-order valence-electron chi connectivity index (χ4n) is 2.86. The van der Waals surface area contributed by atoms with E-state index in [0.29, 0.717) is 30.2 Å². The van der Waals surface area contributed by atoms with E-state index in [2.05, 4.69) is 16.7 Å². The summed E-state index contributed by atoms with van der Waals surface area (Å²) in [5, 5.41) is 14.7. The van der Waals surface area contributed by atoms with Gasteiger partial charge in [-0.05, 0) is 41.8 Å². The summed E-state index contributed by atoms with van der Waals surface area (Å²) in [5.41, 5.74) is 2.02. The van der Waals surface area contributed by atoms with Crippen LogP contribution in [0.4, 0.5) is 10.5 Å². The fourth-order valence-corrected chi connectivity index (χ4v) is 2.86. The zero-order valence-corrected chi connectivity index (χ0v) is 14.8. The van der Waals surface area contributed by atoms with E-state index in [1.807, 2.05) is 32.0 Å². The Kier molecular flexibility index (Phi) is 5.28. The van der Waals surface area contributed by atoms with E-state index >= 15 is 0 Å². The number of carbonyl (C=O) groups is 1. The van der Waals surface area contributed by atoms with E-state index in [0.717, 1.165) is 11.3 Å². The highest BCUT2D eigenvalue weighted by atomic mass is 16.6. The van der Waals surface area contributed by atoms with Crippen LogP contribution >= 0.6 is 0 Å². The molecule has 134 valence electrons. The second kappa shape index (κ2) is 7.79. The first-order valence-electron chi connectivity index (χ1n) is 8.54. The van der Waals surface area contributed by atoms with E-state index < -0.39 is 0 Å². The van der Waals surface area contributed by atoms with Gasteiger partial charge in [-0.25, -0.2) is 4.79 Å². The van der Waals surface area contributed by atoms with E-state index in [9.17, 15) is 4.79 Å². The minimum atomic E-state index is -0.325. The average molecular weight is 351 g/mol. The molecule has 6 heteroatoms. The summed E-state index contributed by atoms with van der Waals surface area (Å²) >= 11 is 0. The van der Waals surface area contributed by atoms with E-state index in [1.165, 1.54) is 0 Å². The number of nitrogens with one attached hydrogen (secondary N) is 2. The molecular formula is C20H21N3O3. The molecule has 0 spiro atoms. The summed E-state index contributed by atoms with van der Waals surface area (Å²) in [6.45, 7) is 5.14. The van der Waals surface area contributed by atoms with Gasteiger partial charge in [-0.15, -0.1) is 0 Å². The molecule has 0 saturated carbocycles. The average Bonchev–Trinajstić information content (AvgIpc) is 2.65. The fraction of sp³-hybridized carbons (Fsp3) is 0.300. The van der Waals surface area contributed by atoms with Gasteiger partial charge in [-0.3, -0.25) is 0 Å². The van der Waals surface area contributed by atoms with Crippen LogP contribution < -0.4 is 20.1 Å². The van der Waals surface area contributed by atoms with Crippen LogP contribution in [-0.4, -0.2) is 19.2 Å². The van der Waals surface area contributed by atoms with Crippen molar-refractivity contribution in [3.63, 3.8) is 0 Å². The highest BCUT2D eigenvalue weighted by molar-refractivity contribution is 5.89. The third-order valence-electron chi connectivity index (χ3n) is 4.13. The lowest BCUT2D eigenvalue weighted by Crippen LogP contribution is -2.35. The molecule has 1 heterocycles. The summed E-state index contributed by atoms with van der Waals surface area (Å²) in [5.74, 6) is 1.59. The number of urea groups is 1. The number of ether oxygens (including phenoxy) is 2. The number of hydrogen-bond donors (Lipinski definition) is 2. The van der Waals surface area contributed by atoms with Crippen LogP contribution in [0, 0.1) is 17.2 Å². The Hall–Kier alpha value is -3.20. The summed E-state index contributed by atoms with van der Waals surface area (Å²) in [6, 6.07) is 14.1. The van der Waals surface area contributed by atoms with Crippen LogP contribution in [-0.2, 0) is 0 Å². The zero-order chi connectivity index (χ0) is 18.5. The first-order chi connectivity index (χ1) is 12.6. The number of nitrogens with zero attached hydrogens (tertiary/aromatic N) is 1. The molecule has 3 rings (SSSR count). The van der Waals surface area contributed by atoms with Gasteiger partial charge in [0, 0.05) is 5.69 Å². The SMILES string of the molecule is CC(C)C(NC(=O)Nc1cccc(C#N)c1)c1ccc2c(c1)OCCO2. The second-order valence-electron chi connectivity index (χ2n) is 6.42. The maximum absolute atomic E-state index is 12.4. The second-order valence-corrected chi connectivity index (χ2v) is 6.42. The molecule has 0 aromatic heterocycles. The standard InChI is InChI=1S/C20H21N3O3/c1-13(2)19(15-6-7-17-18(11-15)26-9-8-25-17)23-20(24)22-16-5-3-4-14(10-16)12-21/h3-7,10-11,13,19H,8-9H2,1-2H3,(H2,22,23,24). The quantitative estimate of drug-likeness (QED) is 0.876. The molecule has 2 aromatic rings. The van der Waals surface area contributed by atoms with Crippen molar-refractivity contribution in [3.05, 3.63) is 53.6 Å². The molecule has 0 aliphatic carbocycles. The van der Waals surface area contributed by atoms with E-state index in [-0.39, 0.29) is 18.0 Å². The predicted molar refractivity (Wildman–Crippen MR) is 98.3 cm³/mol. The van der Waals surface area contributed by atoms with Gasteiger partial charge in [0.25, 0.3) is 0 Å². The first kappa shape index (κ1) is 17.6. The third-order valence-corrected chi connectivity index (χ3v) is 4.13. The molecule has 1 atom stereocenters. The van der Waals surface area contributed by atoms with Crippen LogP contribution in [0.1, 0.15) is 31.0 Å². The van der Waals surface area contributed by atoms with E-state index in [4.69, 9.17) is 14.7 Å². The summed E-state index contributed by atoms with van der Waals surface area (Å²) in [7, 11) is 0. The number of anilines is 1. The first-order valence-corrected chi connectivity index (χ1v) is 8.54. The van der Waals surface area contributed by atoms with Crippen molar-refractivity contribution in [2.24, 2.45) is 5.92 Å². The molecule has 0 bridgehead atoms. The van der Waals surface area contributed by atoms with Gasteiger partial charge in [0.05, 0.1) is 17.7 Å². The normalized spacial score (nSPS) is 13.6. The van der Waals surface area contributed by atoms with Crippen LogP contribution in [0.15, 0.2) is 42.5 Å². The minimum Gasteiger partial charge on any atom is -0.486 e. The highest BCUT2D eigenvalue weighted by Crippen LogP contribution is 2.34. The zero-order valence-electron chi connectivity index (χ0n) is 14.8. The van der Waals surface area contributed by atoms with Gasteiger partial charge in [0.15, 0.2) is 11.5 Å². The summed E-state index contributed by atoms with van der Waals surface area (Å²) < 4.78 is 11.2. The Bertz CT molecular complexity index is 842. The maximum Gasteiger partial charge on any atom is 0.319 e. The van der Waals surface area contributed by atoms with Crippen molar-refractivity contribution >= 4 is 11.7 Å². The Morgan fingerprint density at radius 3 is 2.62 bits per heavy atom. The highest BCUT2D eigenvalue weighted by Gasteiger charge is 2.21. The van der Waals surface area contributed by atoms with Crippen molar-refractivity contribution < 1.29 is 14.3 Å². The van der Waals surface area contributed by atoms with Gasteiger partial charge in [-0.1, -0.05) is 26.0 Å². The number of fused-ring (bicyclic) bond motifs is 1. The van der Waals surface area contributed by atoms with Crippen LogP contribution in [0.5, 0.6) is 11.5 Å². The Morgan fingerprint density at radius 2 is 1.88 bits per heavy atom. The van der Waals surface area contributed by atoms with Gasteiger partial charge < -0.3 is 20.1 Å². The van der Waals surface area contributed by atoms with Gasteiger partial charge in [0.1, 0.15) is 13.2 Å². The van der Waals surface area contributed by atoms with Crippen molar-refractivity contribution in [3.8, 4) is 17.6 Å². The van der Waals surface area contributed by atoms with Crippen molar-refractivity contribution in [1.82, 2.24) is 5.32 Å². The number of rotatable bonds is 4. The molecule has 0 fully saturated rings. The van der Waals surface area contributed by atoms with Crippen molar-refractivity contribution in [1.29, 1.82) is 5.26 Å². The van der Waals surface area contributed by atoms with E-state index in [1.54, 1.807) is 24.3 Å². The topological polar surface area (TPSA) is 83.4 Å². The summed E-state index contributed by atoms with van der Waals surface area (Å²) in [6.07, 6.45) is 0. The smallest absolute Gasteiger partial charge is 0.319 e. The molecule has 2 amide bonds. The molecule has 1 unspecified atom stereocenters. The predicted octanol–water partition coefficient (Wildman–Crippen LogP) is 3.85. The molecule has 26 heavy (non-hydrogen) atoms. The van der Waals surface area contributed by atoms with Gasteiger partial charge >= 0.3 is 6.03 Å². The Balaban J connectivity index is 1.74. The molecule has 0 radical (unpaired) electrons. The lowest BCUT2D eigenvalue weighted by molar-refractivity contribution is 0.171. The Labute approximate surface area is 152 Å². The molecule has 0 saturated heterocycles. The van der Waals surface area contributed by atoms with Gasteiger partial charge in [0.2, 0.25) is 0 Å². The van der Waals surface area contributed by atoms with Crippen molar-refractivity contribution in [2.45, 2.75) is 19.9 Å². The lowest BCUT2D eigenvalue weighted by Gasteiger charge is -2.25. The molecular weight excluding hydrogens is 330 g/mol. The van der Waals surface area contributed by atoms with Crippen molar-refractivity contribution in [2.75, 3.05) is 18.5 Å². The Morgan fingerprint density at radius 1 is 1.12 bits per heavy atom. The molecule has 6 nitrogen and oxygen atoms in total. The van der Waals surface area contributed by atoms with Crippen LogP contribution in [0.2, 0.25) is 0 Å². The molecule has 2 N–H and O–H groups in total. The number of benzene rings is 2. The lowest BCUT2D eigenvalue weighted by atomic mass is 9.95. The molecule has 1 aliphatic rings. The largest absolute Gasteiger partial charge is 0.486 e. The van der Waals surface area contributed by atoms with Gasteiger partial charge in [-0.2, -0.15) is 5.26 Å². The summed E-state index contributed by atoms with van der Waals surface area (Å²) in [4.78, 5) is 12.4. The number of carbonyl (C=O) groups excluding carboxylic acids is 1. The molecule has 1 aliphatic heterocycles. The number of hydrogen-bond acceptors (Lipinski definition) is 4. The van der Waals surface area contributed by atoms with Crippen LogP contribution in [0.3, 0.4) is 0 Å². The third kappa shape index (κ3) is 4.06. The maximum atomic E-state index is 12.4.